The molecule has 0 radical (unpaired) electrons. The lowest BCUT2D eigenvalue weighted by atomic mass is 10.2. The Kier molecular flexibility index (Phi) is 3.42. The summed E-state index contributed by atoms with van der Waals surface area (Å²) in [6, 6.07) is 9.87. The van der Waals surface area contributed by atoms with Gasteiger partial charge in [-0.3, -0.25) is 9.59 Å². The molecule has 0 amide bonds. The fourth-order valence-electron chi connectivity index (χ4n) is 1.78. The lowest BCUT2D eigenvalue weighted by Gasteiger charge is -2.12. The topological polar surface area (TPSA) is 52.6 Å². The minimum atomic E-state index is -0.832. The molecule has 3 rings (SSSR count). The Morgan fingerprint density at radius 2 is 0.909 bits per heavy atom. The van der Waals surface area contributed by atoms with Crippen LogP contribution in [0.4, 0.5) is 8.78 Å². The van der Waals surface area contributed by atoms with Crippen molar-refractivity contribution in [3.05, 3.63) is 80.6 Å². The predicted molar refractivity (Wildman–Crippen MR) is 74.3 cm³/mol. The Morgan fingerprint density at radius 1 is 0.591 bits per heavy atom. The summed E-state index contributed by atoms with van der Waals surface area (Å²) in [5.41, 5.74) is -1.66. The first-order valence-electron chi connectivity index (χ1n) is 6.25. The third-order valence-corrected chi connectivity index (χ3v) is 2.89. The van der Waals surface area contributed by atoms with Crippen LogP contribution >= 0.6 is 0 Å². The maximum Gasteiger partial charge on any atom is 0.276 e. The van der Waals surface area contributed by atoms with Crippen molar-refractivity contribution in [2.75, 3.05) is 0 Å². The largest absolute Gasteiger partial charge is 0.449 e. The zero-order valence-electron chi connectivity index (χ0n) is 11.0. The Bertz CT molecular complexity index is 801. The second kappa shape index (κ2) is 5.40. The number of halogens is 2. The van der Waals surface area contributed by atoms with Gasteiger partial charge in [-0.05, 0) is 48.5 Å². The van der Waals surface area contributed by atoms with Crippen molar-refractivity contribution in [1.29, 1.82) is 0 Å². The molecule has 3 aromatic rings. The maximum absolute atomic E-state index is 12.8. The van der Waals surface area contributed by atoms with E-state index in [-0.39, 0.29) is 23.0 Å². The summed E-state index contributed by atoms with van der Waals surface area (Å²) in [6.45, 7) is 0. The molecule has 0 spiro atoms. The highest BCUT2D eigenvalue weighted by Gasteiger charge is 2.25. The summed E-state index contributed by atoms with van der Waals surface area (Å²) in [4.78, 5) is 23.1. The highest BCUT2D eigenvalue weighted by atomic mass is 19.1. The van der Waals surface area contributed by atoms with Gasteiger partial charge in [0, 0.05) is 0 Å². The Morgan fingerprint density at radius 3 is 1.23 bits per heavy atom. The van der Waals surface area contributed by atoms with Crippen molar-refractivity contribution in [2.45, 2.75) is 0 Å². The van der Waals surface area contributed by atoms with E-state index in [1.54, 1.807) is 0 Å². The van der Waals surface area contributed by atoms with Gasteiger partial charge in [0.1, 0.15) is 23.1 Å². The molecule has 0 heterocycles. The smallest absolute Gasteiger partial charge is 0.276 e. The second-order valence-electron chi connectivity index (χ2n) is 4.43. The van der Waals surface area contributed by atoms with Crippen molar-refractivity contribution >= 4 is 0 Å². The molecule has 4 nitrogen and oxygen atoms in total. The quantitative estimate of drug-likeness (QED) is 0.695. The molecular formula is C16H8F2O4. The van der Waals surface area contributed by atoms with Crippen LogP contribution in [0.1, 0.15) is 0 Å². The van der Waals surface area contributed by atoms with Crippen LogP contribution in [0.5, 0.6) is 23.0 Å². The van der Waals surface area contributed by atoms with E-state index in [1.165, 1.54) is 24.3 Å². The molecule has 0 fully saturated rings. The van der Waals surface area contributed by atoms with E-state index in [9.17, 15) is 18.4 Å². The molecule has 0 bridgehead atoms. The van der Waals surface area contributed by atoms with E-state index in [1.807, 2.05) is 0 Å². The van der Waals surface area contributed by atoms with Gasteiger partial charge in [-0.2, -0.15) is 0 Å². The Balaban J connectivity index is 1.85. The molecule has 0 aromatic heterocycles. The first-order chi connectivity index (χ1) is 10.5. The minimum absolute atomic E-state index is 0.192. The fraction of sp³-hybridized carbons (Fsp3) is 0. The summed E-state index contributed by atoms with van der Waals surface area (Å²) in [6.07, 6.45) is 0. The predicted octanol–water partition coefficient (Wildman–Crippen LogP) is 3.15. The third kappa shape index (κ3) is 2.58. The molecule has 110 valence electrons. The molecule has 0 aliphatic rings. The molecule has 0 unspecified atom stereocenters. The maximum atomic E-state index is 12.8. The van der Waals surface area contributed by atoms with Gasteiger partial charge in [0.15, 0.2) is 0 Å². The highest BCUT2D eigenvalue weighted by Crippen LogP contribution is 2.30. The third-order valence-electron chi connectivity index (χ3n) is 2.89. The van der Waals surface area contributed by atoms with E-state index >= 15 is 0 Å². The summed E-state index contributed by atoms with van der Waals surface area (Å²) < 4.78 is 36.1. The number of hydrogen-bond acceptors (Lipinski definition) is 4. The first kappa shape index (κ1) is 13.9. The van der Waals surface area contributed by atoms with Crippen LogP contribution in [-0.4, -0.2) is 0 Å². The standard InChI is InChI=1S/C16H8F2O4/c17-9-1-5-11(6-2-9)21-15-13(19)14(20)16(15)22-12-7-3-10(18)4-8-12/h1-8H. The molecule has 0 saturated carbocycles. The van der Waals surface area contributed by atoms with Crippen LogP contribution in [0.3, 0.4) is 0 Å². The van der Waals surface area contributed by atoms with Gasteiger partial charge in [0.2, 0.25) is 11.5 Å². The van der Waals surface area contributed by atoms with Crippen molar-refractivity contribution in [2.24, 2.45) is 0 Å². The van der Waals surface area contributed by atoms with Gasteiger partial charge in [0.05, 0.1) is 0 Å². The van der Waals surface area contributed by atoms with Crippen molar-refractivity contribution < 1.29 is 18.3 Å². The van der Waals surface area contributed by atoms with Gasteiger partial charge < -0.3 is 9.47 Å². The van der Waals surface area contributed by atoms with E-state index < -0.39 is 22.5 Å². The molecule has 22 heavy (non-hydrogen) atoms. The fourth-order valence-corrected chi connectivity index (χ4v) is 1.78. The van der Waals surface area contributed by atoms with Gasteiger partial charge >= 0.3 is 0 Å². The van der Waals surface area contributed by atoms with Crippen LogP contribution in [-0.2, 0) is 0 Å². The summed E-state index contributed by atoms with van der Waals surface area (Å²) >= 11 is 0. The minimum Gasteiger partial charge on any atom is -0.449 e. The van der Waals surface area contributed by atoms with Crippen LogP contribution in [0.2, 0.25) is 0 Å². The number of ether oxygens (including phenoxy) is 2. The van der Waals surface area contributed by atoms with Crippen molar-refractivity contribution in [3.63, 3.8) is 0 Å². The summed E-state index contributed by atoms with van der Waals surface area (Å²) in [5.74, 6) is -1.06. The van der Waals surface area contributed by atoms with Crippen LogP contribution in [0, 0.1) is 11.6 Å². The summed E-state index contributed by atoms with van der Waals surface area (Å²) in [7, 11) is 0. The molecule has 0 N–H and O–H groups in total. The zero-order chi connectivity index (χ0) is 15.7. The summed E-state index contributed by atoms with van der Waals surface area (Å²) in [5, 5.41) is 0. The first-order valence-corrected chi connectivity index (χ1v) is 6.25. The second-order valence-corrected chi connectivity index (χ2v) is 4.43. The van der Waals surface area contributed by atoms with Crippen molar-refractivity contribution in [1.82, 2.24) is 0 Å². The molecular weight excluding hydrogens is 294 g/mol. The molecule has 0 aliphatic carbocycles. The van der Waals surface area contributed by atoms with Crippen LogP contribution in [0.25, 0.3) is 0 Å². The van der Waals surface area contributed by atoms with Gasteiger partial charge in [-0.25, -0.2) is 8.78 Å². The van der Waals surface area contributed by atoms with Crippen molar-refractivity contribution in [3.8, 4) is 23.0 Å². The number of hydrogen-bond donors (Lipinski definition) is 0. The molecule has 6 heteroatoms. The van der Waals surface area contributed by atoms with Gasteiger partial charge in [-0.1, -0.05) is 0 Å². The lowest BCUT2D eigenvalue weighted by Crippen LogP contribution is -2.32. The number of benzene rings is 2. The Labute approximate surface area is 122 Å². The monoisotopic (exact) mass is 302 g/mol. The van der Waals surface area contributed by atoms with E-state index in [2.05, 4.69) is 0 Å². The lowest BCUT2D eigenvalue weighted by molar-refractivity contribution is 0.399. The Hall–Kier alpha value is -3.02. The number of rotatable bonds is 4. The van der Waals surface area contributed by atoms with Gasteiger partial charge in [-0.15, -0.1) is 0 Å². The molecule has 3 aromatic carbocycles. The SMILES string of the molecule is O=c1c(Oc2ccc(F)cc2)c(Oc2ccc(F)cc2)c1=O. The molecule has 0 atom stereocenters. The normalized spacial score (nSPS) is 10.6. The van der Waals surface area contributed by atoms with E-state index in [0.717, 1.165) is 24.3 Å². The molecule has 0 saturated heterocycles. The van der Waals surface area contributed by atoms with Crippen LogP contribution < -0.4 is 20.3 Å². The average Bonchev–Trinajstić information content (AvgIpc) is 2.54. The zero-order valence-corrected chi connectivity index (χ0v) is 11.0. The highest BCUT2D eigenvalue weighted by molar-refractivity contribution is 5.50. The van der Waals surface area contributed by atoms with Crippen LogP contribution in [0.15, 0.2) is 58.1 Å². The van der Waals surface area contributed by atoms with Gasteiger partial charge in [0.25, 0.3) is 10.9 Å². The molecule has 0 aliphatic heterocycles. The average molecular weight is 302 g/mol. The van der Waals surface area contributed by atoms with E-state index in [4.69, 9.17) is 9.47 Å². The van der Waals surface area contributed by atoms with E-state index in [0.29, 0.717) is 0 Å².